The van der Waals surface area contributed by atoms with Crippen LogP contribution in [0.25, 0.3) is 16.7 Å². The standard InChI is InChI=1S/C22H24/c1-5-6-21-16(4)13-20-12-11-19(14-22(20)21)18-9-7-17(8-10-18)15(2)3/h5-12,14-15H,13H2,1-4H3/b6-5-. The lowest BCUT2D eigenvalue weighted by Crippen LogP contribution is -1.88. The molecule has 2 aromatic rings. The lowest BCUT2D eigenvalue weighted by atomic mass is 9.95. The summed E-state index contributed by atoms with van der Waals surface area (Å²) in [6.45, 7) is 8.81. The van der Waals surface area contributed by atoms with Gasteiger partial charge in [0.05, 0.1) is 0 Å². The van der Waals surface area contributed by atoms with Gasteiger partial charge in [-0.25, -0.2) is 0 Å². The number of hydrogen-bond donors (Lipinski definition) is 0. The van der Waals surface area contributed by atoms with Gasteiger partial charge >= 0.3 is 0 Å². The van der Waals surface area contributed by atoms with E-state index in [4.69, 9.17) is 0 Å². The van der Waals surface area contributed by atoms with Gasteiger partial charge in [0.1, 0.15) is 0 Å². The van der Waals surface area contributed by atoms with Gasteiger partial charge in [-0.1, -0.05) is 68.0 Å². The molecule has 0 unspecified atom stereocenters. The van der Waals surface area contributed by atoms with Crippen LogP contribution < -0.4 is 0 Å². The molecule has 0 nitrogen and oxygen atoms in total. The minimum Gasteiger partial charge on any atom is -0.0870 e. The Morgan fingerprint density at radius 2 is 1.64 bits per heavy atom. The Balaban J connectivity index is 2.01. The van der Waals surface area contributed by atoms with Crippen LogP contribution in [-0.4, -0.2) is 0 Å². The van der Waals surface area contributed by atoms with Crippen LogP contribution in [-0.2, 0) is 6.42 Å². The predicted octanol–water partition coefficient (Wildman–Crippen LogP) is 6.38. The summed E-state index contributed by atoms with van der Waals surface area (Å²) >= 11 is 0. The molecule has 3 rings (SSSR count). The number of allylic oxidation sites excluding steroid dienone is 4. The van der Waals surface area contributed by atoms with Crippen LogP contribution in [0.2, 0.25) is 0 Å². The second-order valence-corrected chi connectivity index (χ2v) is 6.52. The molecule has 0 atom stereocenters. The van der Waals surface area contributed by atoms with E-state index in [1.165, 1.54) is 39.0 Å². The molecule has 0 N–H and O–H groups in total. The molecule has 0 saturated carbocycles. The van der Waals surface area contributed by atoms with Gasteiger partial charge in [-0.05, 0) is 65.6 Å². The molecule has 0 heterocycles. The van der Waals surface area contributed by atoms with E-state index in [0.29, 0.717) is 5.92 Å². The zero-order valence-electron chi connectivity index (χ0n) is 14.0. The molecular formula is C22H24. The topological polar surface area (TPSA) is 0 Å². The van der Waals surface area contributed by atoms with Crippen molar-refractivity contribution in [1.82, 2.24) is 0 Å². The Bertz CT molecular complexity index is 740. The molecule has 0 radical (unpaired) electrons. The summed E-state index contributed by atoms with van der Waals surface area (Å²) in [5.74, 6) is 0.584. The SMILES string of the molecule is C/C=C\C1=C(C)Cc2ccc(-c3ccc(C(C)C)cc3)cc21. The minimum absolute atomic E-state index is 0.584. The number of rotatable bonds is 3. The molecule has 112 valence electrons. The van der Waals surface area contributed by atoms with Crippen molar-refractivity contribution in [2.75, 3.05) is 0 Å². The van der Waals surface area contributed by atoms with Crippen LogP contribution in [0.5, 0.6) is 0 Å². The Labute approximate surface area is 134 Å². The zero-order valence-corrected chi connectivity index (χ0v) is 14.0. The minimum atomic E-state index is 0.584. The van der Waals surface area contributed by atoms with Crippen molar-refractivity contribution < 1.29 is 0 Å². The molecule has 0 fully saturated rings. The average molecular weight is 288 g/mol. The maximum absolute atomic E-state index is 2.35. The van der Waals surface area contributed by atoms with Crippen LogP contribution in [0.15, 0.2) is 60.2 Å². The number of hydrogen-bond acceptors (Lipinski definition) is 0. The Kier molecular flexibility index (Phi) is 4.02. The third kappa shape index (κ3) is 2.66. The second kappa shape index (κ2) is 5.96. The van der Waals surface area contributed by atoms with Gasteiger partial charge < -0.3 is 0 Å². The number of fused-ring (bicyclic) bond motifs is 1. The summed E-state index contributed by atoms with van der Waals surface area (Å²) in [7, 11) is 0. The lowest BCUT2D eigenvalue weighted by Gasteiger charge is -2.09. The van der Waals surface area contributed by atoms with Crippen LogP contribution in [0, 0.1) is 0 Å². The first-order valence-corrected chi connectivity index (χ1v) is 8.16. The van der Waals surface area contributed by atoms with Crippen molar-refractivity contribution in [1.29, 1.82) is 0 Å². The zero-order chi connectivity index (χ0) is 15.7. The fraction of sp³-hybridized carbons (Fsp3) is 0.273. The Hall–Kier alpha value is -2.08. The monoisotopic (exact) mass is 288 g/mol. The Morgan fingerprint density at radius 3 is 2.27 bits per heavy atom. The third-order valence-corrected chi connectivity index (χ3v) is 4.56. The molecule has 0 aromatic heterocycles. The highest BCUT2D eigenvalue weighted by Crippen LogP contribution is 2.36. The van der Waals surface area contributed by atoms with E-state index < -0.39 is 0 Å². The molecule has 0 amide bonds. The molecule has 0 saturated heterocycles. The van der Waals surface area contributed by atoms with Crippen LogP contribution in [0.4, 0.5) is 0 Å². The van der Waals surface area contributed by atoms with Crippen LogP contribution in [0.1, 0.15) is 50.3 Å². The van der Waals surface area contributed by atoms with Crippen LogP contribution >= 0.6 is 0 Å². The van der Waals surface area contributed by atoms with E-state index in [1.807, 2.05) is 0 Å². The maximum Gasteiger partial charge on any atom is -0.00545 e. The predicted molar refractivity (Wildman–Crippen MR) is 97.1 cm³/mol. The third-order valence-electron chi connectivity index (χ3n) is 4.56. The van der Waals surface area contributed by atoms with Crippen molar-refractivity contribution in [3.05, 3.63) is 76.9 Å². The summed E-state index contributed by atoms with van der Waals surface area (Å²) in [6.07, 6.45) is 5.46. The molecule has 0 heteroatoms. The van der Waals surface area contributed by atoms with E-state index in [-0.39, 0.29) is 0 Å². The van der Waals surface area contributed by atoms with E-state index >= 15 is 0 Å². The van der Waals surface area contributed by atoms with Crippen molar-refractivity contribution in [2.45, 2.75) is 40.0 Å². The van der Waals surface area contributed by atoms with Gasteiger partial charge in [0, 0.05) is 0 Å². The van der Waals surface area contributed by atoms with Crippen molar-refractivity contribution in [3.8, 4) is 11.1 Å². The fourth-order valence-corrected chi connectivity index (χ4v) is 3.23. The van der Waals surface area contributed by atoms with Crippen molar-refractivity contribution in [3.63, 3.8) is 0 Å². The van der Waals surface area contributed by atoms with Gasteiger partial charge in [0.2, 0.25) is 0 Å². The van der Waals surface area contributed by atoms with E-state index in [9.17, 15) is 0 Å². The summed E-state index contributed by atoms with van der Waals surface area (Å²) in [6, 6.07) is 15.9. The molecule has 1 aliphatic carbocycles. The molecule has 2 aromatic carbocycles. The van der Waals surface area contributed by atoms with Gasteiger partial charge in [-0.2, -0.15) is 0 Å². The highest BCUT2D eigenvalue weighted by Gasteiger charge is 2.17. The lowest BCUT2D eigenvalue weighted by molar-refractivity contribution is 0.867. The van der Waals surface area contributed by atoms with E-state index in [0.717, 1.165) is 6.42 Å². The molecule has 22 heavy (non-hydrogen) atoms. The van der Waals surface area contributed by atoms with E-state index in [1.54, 1.807) is 0 Å². The van der Waals surface area contributed by atoms with Gasteiger partial charge in [0.15, 0.2) is 0 Å². The largest absolute Gasteiger partial charge is 0.0870 e. The Morgan fingerprint density at radius 1 is 0.955 bits per heavy atom. The normalized spacial score (nSPS) is 14.2. The highest BCUT2D eigenvalue weighted by molar-refractivity contribution is 5.85. The molecule has 0 bridgehead atoms. The van der Waals surface area contributed by atoms with Gasteiger partial charge in [0.25, 0.3) is 0 Å². The number of benzene rings is 2. The van der Waals surface area contributed by atoms with Gasteiger partial charge in [-0.3, -0.25) is 0 Å². The van der Waals surface area contributed by atoms with Crippen LogP contribution in [0.3, 0.4) is 0 Å². The summed E-state index contributed by atoms with van der Waals surface area (Å²) in [4.78, 5) is 0. The molecule has 0 aliphatic heterocycles. The highest BCUT2D eigenvalue weighted by atomic mass is 14.2. The molecule has 1 aliphatic rings. The van der Waals surface area contributed by atoms with Gasteiger partial charge in [-0.15, -0.1) is 0 Å². The average Bonchev–Trinajstić information content (AvgIpc) is 2.83. The summed E-state index contributed by atoms with van der Waals surface area (Å²) < 4.78 is 0. The van der Waals surface area contributed by atoms with Crippen molar-refractivity contribution >= 4 is 5.57 Å². The molecule has 0 spiro atoms. The molecular weight excluding hydrogens is 264 g/mol. The smallest absolute Gasteiger partial charge is 0.00545 e. The fourth-order valence-electron chi connectivity index (χ4n) is 3.23. The second-order valence-electron chi connectivity index (χ2n) is 6.52. The van der Waals surface area contributed by atoms with Crippen molar-refractivity contribution in [2.24, 2.45) is 0 Å². The maximum atomic E-state index is 2.35. The summed E-state index contributed by atoms with van der Waals surface area (Å²) in [5.41, 5.74) is 9.74. The first kappa shape index (κ1) is 14.8. The quantitative estimate of drug-likeness (QED) is 0.614. The first-order valence-electron chi connectivity index (χ1n) is 8.16. The first-order chi connectivity index (χ1) is 10.6. The van der Waals surface area contributed by atoms with E-state index in [2.05, 4.69) is 82.3 Å². The summed E-state index contributed by atoms with van der Waals surface area (Å²) in [5, 5.41) is 0.